The molecule has 14 heavy (non-hydrogen) atoms. The average Bonchev–Trinajstić information content (AvgIpc) is 1.81. The molecule has 0 heterocycles. The largest absolute Gasteiger partial charge is 0.454 e. The van der Waals surface area contributed by atoms with Gasteiger partial charge in [-0.1, -0.05) is 20.8 Å². The molecule has 0 spiro atoms. The van der Waals surface area contributed by atoms with Gasteiger partial charge in [-0.2, -0.15) is 26.3 Å². The molecule has 0 aromatic heterocycles. The number of aliphatic hydroxyl groups is 1. The lowest BCUT2D eigenvalue weighted by molar-refractivity contribution is -0.404. The van der Waals surface area contributed by atoms with Gasteiger partial charge in [0.25, 0.3) is 0 Å². The standard InChI is InChI=1S/C7H10F6O/c1-4(2,3)5(8,9)6(10,14)7(11,12)13/h14H,1-3H3/t6-/m1/s1. The molecule has 0 aliphatic carbocycles. The first-order valence-corrected chi connectivity index (χ1v) is 3.61. The van der Waals surface area contributed by atoms with Gasteiger partial charge in [-0.05, 0) is 0 Å². The van der Waals surface area contributed by atoms with E-state index in [1.54, 1.807) is 0 Å². The molecule has 0 saturated heterocycles. The Morgan fingerprint density at radius 3 is 1.14 bits per heavy atom. The van der Waals surface area contributed by atoms with Crippen molar-refractivity contribution in [2.45, 2.75) is 38.7 Å². The van der Waals surface area contributed by atoms with E-state index in [0.717, 1.165) is 0 Å². The second kappa shape index (κ2) is 3.01. The molecule has 0 radical (unpaired) electrons. The van der Waals surface area contributed by atoms with Crippen LogP contribution in [0.1, 0.15) is 20.8 Å². The summed E-state index contributed by atoms with van der Waals surface area (Å²) in [5.41, 5.74) is -2.34. The van der Waals surface area contributed by atoms with Crippen molar-refractivity contribution < 1.29 is 31.4 Å². The Balaban J connectivity index is 5.30. The molecular formula is C7H10F6O. The van der Waals surface area contributed by atoms with Crippen molar-refractivity contribution in [1.82, 2.24) is 0 Å². The summed E-state index contributed by atoms with van der Waals surface area (Å²) in [7, 11) is 0. The molecule has 1 atom stereocenters. The van der Waals surface area contributed by atoms with Gasteiger partial charge in [0.05, 0.1) is 0 Å². The fourth-order valence-corrected chi connectivity index (χ4v) is 0.675. The maximum absolute atomic E-state index is 12.9. The predicted molar refractivity (Wildman–Crippen MR) is 36.5 cm³/mol. The Kier molecular flexibility index (Phi) is 2.91. The van der Waals surface area contributed by atoms with E-state index in [1.165, 1.54) is 0 Å². The molecule has 1 N–H and O–H groups in total. The van der Waals surface area contributed by atoms with Crippen LogP contribution in [0.25, 0.3) is 0 Å². The molecule has 7 heteroatoms. The van der Waals surface area contributed by atoms with Gasteiger partial charge in [-0.15, -0.1) is 0 Å². The molecular weight excluding hydrogens is 214 g/mol. The third-order valence-corrected chi connectivity index (χ3v) is 1.73. The highest BCUT2D eigenvalue weighted by molar-refractivity contribution is 4.97. The van der Waals surface area contributed by atoms with Crippen LogP contribution in [0.2, 0.25) is 0 Å². The number of hydrogen-bond acceptors (Lipinski definition) is 1. The number of hydrogen-bond donors (Lipinski definition) is 1. The zero-order valence-corrected chi connectivity index (χ0v) is 7.72. The fourth-order valence-electron chi connectivity index (χ4n) is 0.675. The average molecular weight is 224 g/mol. The Morgan fingerprint density at radius 1 is 0.786 bits per heavy atom. The van der Waals surface area contributed by atoms with Crippen molar-refractivity contribution in [2.75, 3.05) is 0 Å². The molecule has 86 valence electrons. The minimum Gasteiger partial charge on any atom is -0.350 e. The Hall–Kier alpha value is -0.460. The lowest BCUT2D eigenvalue weighted by Gasteiger charge is -2.38. The second-order valence-corrected chi connectivity index (χ2v) is 3.94. The molecule has 0 aromatic carbocycles. The summed E-state index contributed by atoms with van der Waals surface area (Å²) in [4.78, 5) is 0. The topological polar surface area (TPSA) is 20.2 Å². The SMILES string of the molecule is CC(C)(C)C(F)(F)[C@](O)(F)C(F)(F)F. The van der Waals surface area contributed by atoms with Crippen molar-refractivity contribution >= 4 is 0 Å². The summed E-state index contributed by atoms with van der Waals surface area (Å²) in [6.07, 6.45) is -6.02. The van der Waals surface area contributed by atoms with E-state index in [4.69, 9.17) is 5.11 Å². The fraction of sp³-hybridized carbons (Fsp3) is 1.00. The third kappa shape index (κ3) is 1.82. The molecule has 0 amide bonds. The highest BCUT2D eigenvalue weighted by Crippen LogP contribution is 2.51. The van der Waals surface area contributed by atoms with Crippen LogP contribution in [-0.2, 0) is 0 Å². The summed E-state index contributed by atoms with van der Waals surface area (Å²) >= 11 is 0. The normalized spacial score (nSPS) is 19.3. The summed E-state index contributed by atoms with van der Waals surface area (Å²) in [6, 6.07) is 0. The summed E-state index contributed by atoms with van der Waals surface area (Å²) in [6.45, 7) is 2.09. The van der Waals surface area contributed by atoms with E-state index in [9.17, 15) is 26.3 Å². The lowest BCUT2D eigenvalue weighted by Crippen LogP contribution is -2.60. The molecule has 1 nitrogen and oxygen atoms in total. The highest BCUT2D eigenvalue weighted by atomic mass is 19.4. The van der Waals surface area contributed by atoms with E-state index in [0.29, 0.717) is 20.8 Å². The van der Waals surface area contributed by atoms with Crippen LogP contribution in [0.3, 0.4) is 0 Å². The van der Waals surface area contributed by atoms with E-state index in [1.807, 2.05) is 0 Å². The zero-order valence-electron chi connectivity index (χ0n) is 7.72. The molecule has 0 rings (SSSR count). The van der Waals surface area contributed by atoms with Gasteiger partial charge >= 0.3 is 18.0 Å². The molecule has 0 bridgehead atoms. The van der Waals surface area contributed by atoms with Crippen molar-refractivity contribution in [3.63, 3.8) is 0 Å². The molecule has 0 saturated carbocycles. The van der Waals surface area contributed by atoms with Crippen LogP contribution >= 0.6 is 0 Å². The quantitative estimate of drug-likeness (QED) is 0.679. The molecule has 0 unspecified atom stereocenters. The first-order chi connectivity index (χ1) is 5.75. The monoisotopic (exact) mass is 224 g/mol. The predicted octanol–water partition coefficient (Wildman–Crippen LogP) is 2.89. The van der Waals surface area contributed by atoms with Gasteiger partial charge in [-0.25, -0.2) is 0 Å². The smallest absolute Gasteiger partial charge is 0.350 e. The van der Waals surface area contributed by atoms with E-state index < -0.39 is 23.4 Å². The minimum atomic E-state index is -6.02. The lowest BCUT2D eigenvalue weighted by atomic mass is 9.83. The Labute approximate surface area is 76.7 Å². The zero-order chi connectivity index (χ0) is 12.0. The van der Waals surface area contributed by atoms with Crippen LogP contribution in [0.5, 0.6) is 0 Å². The first kappa shape index (κ1) is 13.5. The summed E-state index contributed by atoms with van der Waals surface area (Å²) in [5.74, 6) is -10.4. The third-order valence-electron chi connectivity index (χ3n) is 1.73. The van der Waals surface area contributed by atoms with Gasteiger partial charge in [0.1, 0.15) is 0 Å². The number of alkyl halides is 6. The minimum absolute atomic E-state index is 0.698. The van der Waals surface area contributed by atoms with Gasteiger partial charge < -0.3 is 5.11 Å². The van der Waals surface area contributed by atoms with E-state index in [-0.39, 0.29) is 0 Å². The van der Waals surface area contributed by atoms with Gasteiger partial charge in [0.15, 0.2) is 0 Å². The summed E-state index contributed by atoms with van der Waals surface area (Å²) < 4.78 is 73.5. The van der Waals surface area contributed by atoms with Crippen LogP contribution in [0.4, 0.5) is 26.3 Å². The molecule has 0 fully saturated rings. The maximum atomic E-state index is 12.9. The van der Waals surface area contributed by atoms with Crippen LogP contribution < -0.4 is 0 Å². The van der Waals surface area contributed by atoms with E-state index in [2.05, 4.69) is 0 Å². The maximum Gasteiger partial charge on any atom is 0.454 e. The van der Waals surface area contributed by atoms with Gasteiger partial charge in [-0.3, -0.25) is 0 Å². The van der Waals surface area contributed by atoms with Crippen molar-refractivity contribution in [3.05, 3.63) is 0 Å². The molecule has 0 aliphatic rings. The molecule has 0 aromatic rings. The van der Waals surface area contributed by atoms with Gasteiger partial charge in [0, 0.05) is 5.41 Å². The summed E-state index contributed by atoms with van der Waals surface area (Å²) in [5, 5.41) is 8.17. The number of rotatable bonds is 1. The van der Waals surface area contributed by atoms with Crippen molar-refractivity contribution in [3.8, 4) is 0 Å². The van der Waals surface area contributed by atoms with Gasteiger partial charge in [0.2, 0.25) is 0 Å². The van der Waals surface area contributed by atoms with Crippen LogP contribution in [-0.4, -0.2) is 23.1 Å². The Bertz CT molecular complexity index is 187. The van der Waals surface area contributed by atoms with Crippen LogP contribution in [0.15, 0.2) is 0 Å². The van der Waals surface area contributed by atoms with E-state index >= 15 is 0 Å². The molecule has 0 aliphatic heterocycles. The number of halogens is 6. The van der Waals surface area contributed by atoms with Crippen molar-refractivity contribution in [1.29, 1.82) is 0 Å². The van der Waals surface area contributed by atoms with Crippen molar-refractivity contribution in [2.24, 2.45) is 5.41 Å². The first-order valence-electron chi connectivity index (χ1n) is 3.61. The van der Waals surface area contributed by atoms with Crippen LogP contribution in [0, 0.1) is 5.41 Å². The Morgan fingerprint density at radius 2 is 1.07 bits per heavy atom. The second-order valence-electron chi connectivity index (χ2n) is 3.94. The highest BCUT2D eigenvalue weighted by Gasteiger charge is 2.74.